The van der Waals surface area contributed by atoms with Gasteiger partial charge in [-0.1, -0.05) is 0 Å². The van der Waals surface area contributed by atoms with Crippen LogP contribution in [0.1, 0.15) is 25.5 Å². The number of amides is 1. The first-order valence-electron chi connectivity index (χ1n) is 10.7. The third-order valence-electron chi connectivity index (χ3n) is 5.38. The zero-order valence-corrected chi connectivity index (χ0v) is 18.8. The van der Waals surface area contributed by atoms with Crippen LogP contribution in [0.15, 0.2) is 36.5 Å². The van der Waals surface area contributed by atoms with Crippen LogP contribution < -0.4 is 10.6 Å². The summed E-state index contributed by atoms with van der Waals surface area (Å²) in [6.07, 6.45) is 1.09. The van der Waals surface area contributed by atoms with Gasteiger partial charge in [0.15, 0.2) is 5.82 Å². The topological polar surface area (TPSA) is 138 Å². The van der Waals surface area contributed by atoms with Crippen molar-refractivity contribution in [3.05, 3.63) is 48.2 Å². The predicted molar refractivity (Wildman–Crippen MR) is 121 cm³/mol. The number of hydrogen-bond acceptors (Lipinski definition) is 8. The summed E-state index contributed by atoms with van der Waals surface area (Å²) < 4.78 is 25.2. The van der Waals surface area contributed by atoms with Gasteiger partial charge in [0.05, 0.1) is 48.2 Å². The van der Waals surface area contributed by atoms with Gasteiger partial charge in [-0.25, -0.2) is 19.3 Å². The van der Waals surface area contributed by atoms with E-state index in [0.717, 1.165) is 0 Å². The lowest BCUT2D eigenvalue weighted by Crippen LogP contribution is -2.47. The average molecular weight is 465 g/mol. The van der Waals surface area contributed by atoms with Crippen molar-refractivity contribution in [1.29, 1.82) is 5.26 Å². The van der Waals surface area contributed by atoms with Crippen molar-refractivity contribution in [2.75, 3.05) is 32.1 Å². The monoisotopic (exact) mass is 465 g/mol. The molecule has 3 N–H and O–H groups in total. The van der Waals surface area contributed by atoms with Crippen LogP contribution in [0.5, 0.6) is 0 Å². The molecule has 0 radical (unpaired) electrons. The summed E-state index contributed by atoms with van der Waals surface area (Å²) in [7, 11) is 1.57. The summed E-state index contributed by atoms with van der Waals surface area (Å²) >= 11 is 0. The van der Waals surface area contributed by atoms with Gasteiger partial charge in [-0.2, -0.15) is 5.26 Å². The molecule has 0 aliphatic carbocycles. The Balaban J connectivity index is 1.67. The Morgan fingerprint density at radius 3 is 2.68 bits per heavy atom. The highest BCUT2D eigenvalue weighted by molar-refractivity contribution is 5.82. The lowest BCUT2D eigenvalue weighted by Gasteiger charge is -2.34. The van der Waals surface area contributed by atoms with Gasteiger partial charge < -0.3 is 25.1 Å². The first-order valence-corrected chi connectivity index (χ1v) is 10.7. The molecule has 176 valence electrons. The van der Waals surface area contributed by atoms with Crippen LogP contribution in [0.3, 0.4) is 0 Å². The molecule has 0 bridgehead atoms. The van der Waals surface area contributed by atoms with Gasteiger partial charge in [0, 0.05) is 25.4 Å². The Labute approximate surface area is 195 Å². The molecule has 0 unspecified atom stereocenters. The summed E-state index contributed by atoms with van der Waals surface area (Å²) in [4.78, 5) is 28.8. The molecule has 11 heteroatoms. The molecular formula is C23H24FN7O3. The average Bonchev–Trinajstić information content (AvgIpc) is 3.30. The van der Waals surface area contributed by atoms with E-state index in [2.05, 4.69) is 36.6 Å². The van der Waals surface area contributed by atoms with Crippen LogP contribution in [-0.2, 0) is 14.3 Å². The van der Waals surface area contributed by atoms with Gasteiger partial charge in [0.25, 0.3) is 0 Å². The van der Waals surface area contributed by atoms with Crippen LogP contribution in [0, 0.1) is 22.6 Å². The summed E-state index contributed by atoms with van der Waals surface area (Å²) in [5.41, 5.74) is 1.50. The molecular weight excluding hydrogens is 441 g/mol. The highest BCUT2D eigenvalue weighted by Gasteiger charge is 2.40. The van der Waals surface area contributed by atoms with E-state index in [0.29, 0.717) is 47.4 Å². The highest BCUT2D eigenvalue weighted by Crippen LogP contribution is 2.35. The lowest BCUT2D eigenvalue weighted by atomic mass is 9.91. The Hall–Kier alpha value is -3.88. The summed E-state index contributed by atoms with van der Waals surface area (Å²) in [5, 5.41) is 14.4. The van der Waals surface area contributed by atoms with E-state index < -0.39 is 11.7 Å². The van der Waals surface area contributed by atoms with Gasteiger partial charge in [0.2, 0.25) is 18.1 Å². The van der Waals surface area contributed by atoms with E-state index in [-0.39, 0.29) is 24.9 Å². The zero-order chi connectivity index (χ0) is 24.1. The number of halogens is 1. The molecule has 1 fully saturated rings. The Kier molecular flexibility index (Phi) is 6.81. The predicted octanol–water partition coefficient (Wildman–Crippen LogP) is 2.80. The minimum atomic E-state index is -0.819. The molecule has 1 aliphatic heterocycles. The third kappa shape index (κ3) is 4.88. The normalized spacial score (nSPS) is 19.9. The fraction of sp³-hybridized carbons (Fsp3) is 0.348. The van der Waals surface area contributed by atoms with Gasteiger partial charge in [-0.05, 0) is 37.3 Å². The summed E-state index contributed by atoms with van der Waals surface area (Å²) in [6.45, 7) is 2.48. The molecule has 4 rings (SSSR count). The number of rotatable bonds is 7. The number of hydrogen-bond donors (Lipinski definition) is 3. The number of nitrogens with zero attached hydrogens (tertiary/aromatic N) is 4. The second kappa shape index (κ2) is 9.94. The summed E-state index contributed by atoms with van der Waals surface area (Å²) in [5.74, 6) is 0.223. The smallest absolute Gasteiger partial charge is 0.230 e. The number of aromatic amines is 1. The van der Waals surface area contributed by atoms with Crippen LogP contribution >= 0.6 is 0 Å². The number of nitrogens with one attached hydrogen (secondary N) is 3. The molecule has 1 amide bonds. The van der Waals surface area contributed by atoms with Crippen molar-refractivity contribution in [3.8, 4) is 28.7 Å². The van der Waals surface area contributed by atoms with Crippen molar-refractivity contribution >= 4 is 11.9 Å². The molecule has 34 heavy (non-hydrogen) atoms. The Morgan fingerprint density at radius 1 is 1.26 bits per heavy atom. The Bertz CT molecular complexity index is 1200. The largest absolute Gasteiger partial charge is 0.359 e. The number of nitriles is 1. The fourth-order valence-corrected chi connectivity index (χ4v) is 3.52. The van der Waals surface area contributed by atoms with Crippen LogP contribution in [0.2, 0.25) is 0 Å². The molecule has 3 aromatic rings. The van der Waals surface area contributed by atoms with Gasteiger partial charge in [-0.3, -0.25) is 4.79 Å². The first kappa shape index (κ1) is 23.3. The minimum absolute atomic E-state index is 0.153. The standard InChI is InChI=1S/C23H24FN7O3/c1-23(21(32)26-2)12-33-20(34-13-23)19-30-17(14-4-6-15(24)7-5-14)18(31-19)16-8-11-28-22(29-16)27-10-3-9-25/h4-8,11,20H,3,10,12-13H2,1-2H3,(H,26,32)(H,30,31)(H,27,28,29). The van der Waals surface area contributed by atoms with Crippen LogP contribution in [-0.4, -0.2) is 52.6 Å². The molecule has 2 aromatic heterocycles. The number of H-pyrrole nitrogens is 1. The second-order valence-corrected chi connectivity index (χ2v) is 8.05. The van der Waals surface area contributed by atoms with Gasteiger partial charge >= 0.3 is 0 Å². The molecule has 1 aliphatic rings. The summed E-state index contributed by atoms with van der Waals surface area (Å²) in [6, 6.07) is 9.72. The zero-order valence-electron chi connectivity index (χ0n) is 18.8. The highest BCUT2D eigenvalue weighted by atomic mass is 19.1. The Morgan fingerprint density at radius 2 is 2.00 bits per heavy atom. The molecule has 0 atom stereocenters. The van der Waals surface area contributed by atoms with E-state index in [1.165, 1.54) is 12.1 Å². The fourth-order valence-electron chi connectivity index (χ4n) is 3.52. The van der Waals surface area contributed by atoms with E-state index in [4.69, 9.17) is 14.7 Å². The molecule has 1 aromatic carbocycles. The number of ether oxygens (including phenoxy) is 2. The number of benzene rings is 1. The maximum atomic E-state index is 13.5. The van der Waals surface area contributed by atoms with E-state index in [9.17, 15) is 9.18 Å². The van der Waals surface area contributed by atoms with Crippen molar-refractivity contribution < 1.29 is 18.7 Å². The molecule has 0 saturated carbocycles. The van der Waals surface area contributed by atoms with Crippen LogP contribution in [0.25, 0.3) is 22.6 Å². The quantitative estimate of drug-likeness (QED) is 0.453. The SMILES string of the molecule is CNC(=O)C1(C)COC(c2nc(-c3ccc(F)cc3)c(-c3ccnc(NCCC#N)n3)[nH]2)OC1. The maximum absolute atomic E-state index is 13.5. The number of imidazole rings is 1. The van der Waals surface area contributed by atoms with E-state index >= 15 is 0 Å². The molecule has 10 nitrogen and oxygen atoms in total. The van der Waals surface area contributed by atoms with Crippen molar-refractivity contribution in [3.63, 3.8) is 0 Å². The number of carbonyl (C=O) groups is 1. The number of carbonyl (C=O) groups excluding carboxylic acids is 1. The number of anilines is 1. The molecule has 0 spiro atoms. The van der Waals surface area contributed by atoms with Gasteiger partial charge in [-0.15, -0.1) is 0 Å². The van der Waals surface area contributed by atoms with Crippen molar-refractivity contribution in [2.45, 2.75) is 19.6 Å². The van der Waals surface area contributed by atoms with Gasteiger partial charge in [0.1, 0.15) is 5.82 Å². The maximum Gasteiger partial charge on any atom is 0.230 e. The second-order valence-electron chi connectivity index (χ2n) is 8.05. The van der Waals surface area contributed by atoms with Crippen LogP contribution in [0.4, 0.5) is 10.3 Å². The third-order valence-corrected chi connectivity index (χ3v) is 5.38. The van der Waals surface area contributed by atoms with E-state index in [1.54, 1.807) is 38.4 Å². The van der Waals surface area contributed by atoms with Crippen molar-refractivity contribution in [1.82, 2.24) is 25.3 Å². The lowest BCUT2D eigenvalue weighted by molar-refractivity contribution is -0.230. The molecule has 3 heterocycles. The first-order chi connectivity index (χ1) is 16.4. The minimum Gasteiger partial charge on any atom is -0.359 e. The van der Waals surface area contributed by atoms with Crippen molar-refractivity contribution in [2.24, 2.45) is 5.41 Å². The van der Waals surface area contributed by atoms with E-state index in [1.807, 2.05) is 0 Å². The molecule has 1 saturated heterocycles. The number of aromatic nitrogens is 4.